The van der Waals surface area contributed by atoms with Gasteiger partial charge in [0.05, 0.1) is 16.8 Å². The number of carboxylic acids is 1. The van der Waals surface area contributed by atoms with Crippen LogP contribution in [0.4, 0.5) is 5.69 Å². The maximum atomic E-state index is 10.4. The fraction of sp³-hybridized carbons (Fsp3) is 0.143. The van der Waals surface area contributed by atoms with Crippen molar-refractivity contribution < 1.29 is 14.6 Å². The second-order valence-electron chi connectivity index (χ2n) is 4.06. The Morgan fingerprint density at radius 3 is 2.71 bits per heavy atom. The Labute approximate surface area is 125 Å². The number of aromatic carboxylic acids is 1. The van der Waals surface area contributed by atoms with Gasteiger partial charge in [0.1, 0.15) is 17.1 Å². The predicted molar refractivity (Wildman–Crippen MR) is 83.0 cm³/mol. The number of thiazole rings is 1. The molecule has 0 saturated carbocycles. The van der Waals surface area contributed by atoms with Crippen molar-refractivity contribution in [1.82, 2.24) is 9.97 Å². The van der Waals surface area contributed by atoms with Gasteiger partial charge in [-0.25, -0.2) is 9.78 Å². The maximum Gasteiger partial charge on any atom is 0.352 e. The van der Waals surface area contributed by atoms with E-state index >= 15 is 0 Å². The molecule has 4 N–H and O–H groups in total. The summed E-state index contributed by atoms with van der Waals surface area (Å²) in [6.45, 7) is 2.65. The molecule has 0 unspecified atom stereocenters. The number of rotatable bonds is 3. The van der Waals surface area contributed by atoms with Gasteiger partial charge in [-0.2, -0.15) is 0 Å². The highest BCUT2D eigenvalue weighted by Gasteiger charge is 2.07. The van der Waals surface area contributed by atoms with E-state index in [-0.39, 0.29) is 5.69 Å². The van der Waals surface area contributed by atoms with Crippen LogP contribution in [0.25, 0.3) is 10.3 Å². The minimum atomic E-state index is -0.949. The third kappa shape index (κ3) is 3.96. The topological polar surface area (TPSA) is 101 Å². The van der Waals surface area contributed by atoms with E-state index in [4.69, 9.17) is 15.6 Å². The number of fused-ring (bicyclic) bond motifs is 1. The fourth-order valence-electron chi connectivity index (χ4n) is 1.59. The Balaban J connectivity index is 0.000000155. The smallest absolute Gasteiger partial charge is 0.352 e. The third-order valence-electron chi connectivity index (χ3n) is 2.54. The molecular formula is C14H15N3O3S. The first-order valence-corrected chi connectivity index (χ1v) is 7.12. The van der Waals surface area contributed by atoms with Gasteiger partial charge in [0, 0.05) is 5.69 Å². The molecule has 0 aliphatic heterocycles. The molecule has 2 aromatic heterocycles. The van der Waals surface area contributed by atoms with Crippen molar-refractivity contribution >= 4 is 33.3 Å². The number of aromatic nitrogens is 2. The van der Waals surface area contributed by atoms with Crippen LogP contribution in [-0.4, -0.2) is 27.7 Å². The number of nitrogens with zero attached hydrogens (tertiary/aromatic N) is 1. The number of carboxylic acid groups (broad SMARTS) is 1. The summed E-state index contributed by atoms with van der Waals surface area (Å²) in [6, 6.07) is 8.95. The van der Waals surface area contributed by atoms with Gasteiger partial charge in [0.25, 0.3) is 0 Å². The van der Waals surface area contributed by atoms with Crippen LogP contribution in [0.3, 0.4) is 0 Å². The fourth-order valence-corrected chi connectivity index (χ4v) is 2.27. The summed E-state index contributed by atoms with van der Waals surface area (Å²) in [4.78, 5) is 17.0. The second kappa shape index (κ2) is 6.76. The molecule has 7 heteroatoms. The average molecular weight is 305 g/mol. The van der Waals surface area contributed by atoms with Crippen molar-refractivity contribution in [3.8, 4) is 5.75 Å². The molecule has 6 nitrogen and oxygen atoms in total. The first-order valence-electron chi connectivity index (χ1n) is 6.24. The molecule has 0 amide bonds. The largest absolute Gasteiger partial charge is 0.494 e. The number of aromatic amines is 1. The number of ether oxygens (including phenoxy) is 1. The van der Waals surface area contributed by atoms with E-state index in [1.807, 2.05) is 31.2 Å². The van der Waals surface area contributed by atoms with Gasteiger partial charge in [-0.15, -0.1) is 11.3 Å². The minimum absolute atomic E-state index is 0.194. The number of nitrogen functional groups attached to an aromatic ring is 1. The summed E-state index contributed by atoms with van der Waals surface area (Å²) < 4.78 is 6.08. The van der Waals surface area contributed by atoms with E-state index in [0.29, 0.717) is 12.3 Å². The molecule has 0 atom stereocenters. The van der Waals surface area contributed by atoms with Crippen LogP contribution in [0.15, 0.2) is 35.8 Å². The van der Waals surface area contributed by atoms with Gasteiger partial charge in [0.15, 0.2) is 0 Å². The van der Waals surface area contributed by atoms with Crippen LogP contribution in [0.5, 0.6) is 5.75 Å². The molecule has 2 heterocycles. The van der Waals surface area contributed by atoms with Gasteiger partial charge in [0.2, 0.25) is 0 Å². The van der Waals surface area contributed by atoms with Gasteiger partial charge < -0.3 is 20.6 Å². The van der Waals surface area contributed by atoms with Crippen LogP contribution in [0, 0.1) is 0 Å². The van der Waals surface area contributed by atoms with Crippen molar-refractivity contribution in [3.63, 3.8) is 0 Å². The van der Waals surface area contributed by atoms with Crippen molar-refractivity contribution in [2.45, 2.75) is 6.92 Å². The van der Waals surface area contributed by atoms with Gasteiger partial charge in [-0.1, -0.05) is 0 Å². The number of nitrogens with one attached hydrogen (secondary N) is 1. The van der Waals surface area contributed by atoms with Crippen molar-refractivity contribution in [1.29, 1.82) is 0 Å². The van der Waals surface area contributed by atoms with Gasteiger partial charge in [-0.05, 0) is 37.3 Å². The molecule has 110 valence electrons. The Bertz CT molecular complexity index is 690. The number of anilines is 1. The van der Waals surface area contributed by atoms with Gasteiger partial charge >= 0.3 is 5.97 Å². The van der Waals surface area contributed by atoms with Crippen molar-refractivity contribution in [2.75, 3.05) is 12.3 Å². The zero-order valence-corrected chi connectivity index (χ0v) is 12.2. The minimum Gasteiger partial charge on any atom is -0.494 e. The van der Waals surface area contributed by atoms with Crippen LogP contribution in [0.2, 0.25) is 0 Å². The number of hydrogen-bond acceptors (Lipinski definition) is 5. The molecule has 21 heavy (non-hydrogen) atoms. The zero-order valence-electron chi connectivity index (χ0n) is 11.4. The number of hydrogen-bond donors (Lipinski definition) is 3. The highest BCUT2D eigenvalue weighted by atomic mass is 32.1. The van der Waals surface area contributed by atoms with E-state index in [1.54, 1.807) is 11.6 Å². The Morgan fingerprint density at radius 2 is 2.14 bits per heavy atom. The van der Waals surface area contributed by atoms with Crippen LogP contribution < -0.4 is 10.5 Å². The van der Waals surface area contributed by atoms with Crippen molar-refractivity contribution in [2.24, 2.45) is 0 Å². The molecule has 0 spiro atoms. The molecule has 0 aliphatic rings. The third-order valence-corrected chi connectivity index (χ3v) is 3.32. The summed E-state index contributed by atoms with van der Waals surface area (Å²) in [7, 11) is 0. The lowest BCUT2D eigenvalue weighted by atomic mass is 10.3. The molecule has 3 aromatic rings. The first kappa shape index (κ1) is 14.9. The van der Waals surface area contributed by atoms with E-state index in [2.05, 4.69) is 9.97 Å². The maximum absolute atomic E-state index is 10.4. The lowest BCUT2D eigenvalue weighted by molar-refractivity contribution is 0.0691. The van der Waals surface area contributed by atoms with E-state index in [9.17, 15) is 4.79 Å². The predicted octanol–water partition coefficient (Wildman–Crippen LogP) is 2.99. The molecule has 0 fully saturated rings. The Morgan fingerprint density at radius 1 is 1.43 bits per heavy atom. The molecular weight excluding hydrogens is 290 g/mol. The summed E-state index contributed by atoms with van der Waals surface area (Å²) in [5, 5.41) is 8.55. The monoisotopic (exact) mass is 305 g/mol. The van der Waals surface area contributed by atoms with Crippen molar-refractivity contribution in [3.05, 3.63) is 41.5 Å². The van der Waals surface area contributed by atoms with E-state index in [0.717, 1.165) is 16.1 Å². The molecule has 0 bridgehead atoms. The zero-order chi connectivity index (χ0) is 15.2. The van der Waals surface area contributed by atoms with Gasteiger partial charge in [-0.3, -0.25) is 0 Å². The average Bonchev–Trinajstić information content (AvgIpc) is 3.03. The highest BCUT2D eigenvalue weighted by Crippen LogP contribution is 2.18. The number of H-pyrrole nitrogens is 1. The number of nitrogens with two attached hydrogens (primary N) is 1. The van der Waals surface area contributed by atoms with E-state index in [1.165, 1.54) is 11.3 Å². The first-order chi connectivity index (χ1) is 10.1. The van der Waals surface area contributed by atoms with Crippen LogP contribution >= 0.6 is 11.3 Å². The molecule has 0 aliphatic carbocycles. The highest BCUT2D eigenvalue weighted by molar-refractivity contribution is 7.16. The Kier molecular flexibility index (Phi) is 4.78. The standard InChI is InChI=1S/C8H11NO.C6H4N2O2S/c1-2-10-8-5-3-7(9)4-6-8;9-6(10)3-1-4-5(8-3)7-2-11-4/h3-6H,2,9H2,1H3;1-2,8H,(H,9,10). The quantitative estimate of drug-likeness (QED) is 0.646. The summed E-state index contributed by atoms with van der Waals surface area (Å²) in [6.07, 6.45) is 0. The van der Waals surface area contributed by atoms with Crippen LogP contribution in [-0.2, 0) is 0 Å². The summed E-state index contributed by atoms with van der Waals surface area (Å²) >= 11 is 1.42. The lowest BCUT2D eigenvalue weighted by Gasteiger charge is -2.01. The molecule has 0 radical (unpaired) electrons. The molecule has 1 aromatic carbocycles. The molecule has 0 saturated heterocycles. The lowest BCUT2D eigenvalue weighted by Crippen LogP contribution is -1.94. The normalized spacial score (nSPS) is 9.95. The number of benzene rings is 1. The number of carbonyl (C=O) groups is 1. The summed E-state index contributed by atoms with van der Waals surface area (Å²) in [5.41, 5.74) is 8.75. The second-order valence-corrected chi connectivity index (χ2v) is 4.94. The molecule has 3 rings (SSSR count). The Hall–Kier alpha value is -2.54. The SMILES string of the molecule is CCOc1ccc(N)cc1.O=C(O)c1cc2scnc2[nH]1. The summed E-state index contributed by atoms with van der Waals surface area (Å²) in [5.74, 6) is -0.0769. The van der Waals surface area contributed by atoms with E-state index < -0.39 is 5.97 Å². The van der Waals surface area contributed by atoms with Crippen LogP contribution in [0.1, 0.15) is 17.4 Å².